The van der Waals surface area contributed by atoms with Crippen LogP contribution in [0.4, 0.5) is 0 Å². The Morgan fingerprint density at radius 2 is 1.52 bits per heavy atom. The molecule has 1 unspecified atom stereocenters. The summed E-state index contributed by atoms with van der Waals surface area (Å²) in [5, 5.41) is 2.57. The summed E-state index contributed by atoms with van der Waals surface area (Å²) in [6.45, 7) is 0. The van der Waals surface area contributed by atoms with E-state index in [4.69, 9.17) is 0 Å². The zero-order valence-electron chi connectivity index (χ0n) is 16.5. The molecule has 5 rings (SSSR count). The molecule has 2 aliphatic rings. The van der Waals surface area contributed by atoms with Crippen molar-refractivity contribution in [3.63, 3.8) is 0 Å². The Labute approximate surface area is 189 Å². The van der Waals surface area contributed by atoms with Crippen molar-refractivity contribution < 1.29 is 16.1 Å². The van der Waals surface area contributed by atoms with Crippen LogP contribution in [-0.2, 0) is 22.5 Å². The third-order valence-electron chi connectivity index (χ3n) is 6.10. The minimum absolute atomic E-state index is 0. The molecule has 0 radical (unpaired) electrons. The van der Waals surface area contributed by atoms with Crippen molar-refractivity contribution in [1.29, 1.82) is 0 Å². The predicted octanol–water partition coefficient (Wildman–Crippen LogP) is 6.62. The Bertz CT molecular complexity index is 1140. The molecule has 0 N–H and O–H groups in total. The Hall–Kier alpha value is -1.70. The molecule has 0 aliphatic heterocycles. The summed E-state index contributed by atoms with van der Waals surface area (Å²) in [4.78, 5) is 0. The number of hydrogen-bond donors (Lipinski definition) is 0. The molecule has 29 heavy (non-hydrogen) atoms. The molecular formula is C26H25Cl2Ti. The fraction of sp³-hybridized carbons (Fsp3) is 0.115. The number of benzene rings is 3. The first-order valence-corrected chi connectivity index (χ1v) is 13.8. The average molecular weight is 456 g/mol. The summed E-state index contributed by atoms with van der Waals surface area (Å²) < 4.78 is 5.92. The molecule has 3 heteroatoms. The molecule has 0 heterocycles. The summed E-state index contributed by atoms with van der Waals surface area (Å²) in [6.07, 6.45) is 9.13. The van der Waals surface area contributed by atoms with Gasteiger partial charge < -0.3 is 0 Å². The quantitative estimate of drug-likeness (QED) is 0.304. The summed E-state index contributed by atoms with van der Waals surface area (Å²) in [5.41, 5.74) is 7.29. The van der Waals surface area contributed by atoms with Gasteiger partial charge in [0, 0.05) is 0 Å². The normalized spacial score (nSPS) is 15.3. The van der Waals surface area contributed by atoms with Gasteiger partial charge in [0.1, 0.15) is 0 Å². The molecule has 147 valence electrons. The van der Waals surface area contributed by atoms with Crippen LogP contribution < -0.4 is 3.87 Å². The van der Waals surface area contributed by atoms with Crippen LogP contribution in [0.5, 0.6) is 0 Å². The zero-order valence-corrected chi connectivity index (χ0v) is 19.7. The van der Waals surface area contributed by atoms with Gasteiger partial charge in [-0.3, -0.25) is 0 Å². The molecule has 0 spiro atoms. The maximum absolute atomic E-state index is 2.64. The van der Waals surface area contributed by atoms with Gasteiger partial charge in [-0.25, -0.2) is 0 Å². The van der Waals surface area contributed by atoms with Crippen molar-refractivity contribution in [3.8, 4) is 11.1 Å². The van der Waals surface area contributed by atoms with Crippen LogP contribution in [0.3, 0.4) is 0 Å². The van der Waals surface area contributed by atoms with Crippen molar-refractivity contribution in [2.24, 2.45) is 0 Å². The third-order valence-corrected chi connectivity index (χ3v) is 12.7. The number of allylic oxidation sites excluding steroid dienone is 4. The second kappa shape index (κ2) is 8.98. The summed E-state index contributed by atoms with van der Waals surface area (Å²) in [5.74, 6) is 0. The van der Waals surface area contributed by atoms with Crippen LogP contribution in [0.1, 0.15) is 23.1 Å². The van der Waals surface area contributed by atoms with Gasteiger partial charge in [0.2, 0.25) is 0 Å². The van der Waals surface area contributed by atoms with Crippen molar-refractivity contribution in [2.75, 3.05) is 0 Å². The monoisotopic (exact) mass is 455 g/mol. The van der Waals surface area contributed by atoms with E-state index in [1.807, 2.05) is 0 Å². The van der Waals surface area contributed by atoms with Crippen molar-refractivity contribution in [1.82, 2.24) is 0 Å². The Balaban J connectivity index is 0.00000120. The van der Waals surface area contributed by atoms with E-state index < -0.39 is 16.1 Å². The first-order valence-electron chi connectivity index (χ1n) is 9.73. The molecule has 0 fully saturated rings. The van der Waals surface area contributed by atoms with Gasteiger partial charge in [-0.15, -0.1) is 24.8 Å². The number of rotatable bonds is 3. The molecule has 0 amide bonds. The zero-order chi connectivity index (χ0) is 18.3. The van der Waals surface area contributed by atoms with Crippen molar-refractivity contribution in [3.05, 3.63) is 112 Å². The van der Waals surface area contributed by atoms with Gasteiger partial charge >= 0.3 is 165 Å². The van der Waals surface area contributed by atoms with E-state index in [0.29, 0.717) is 0 Å². The topological polar surface area (TPSA) is 0 Å². The molecule has 3 aromatic carbocycles. The third kappa shape index (κ3) is 3.88. The van der Waals surface area contributed by atoms with Gasteiger partial charge in [0.05, 0.1) is 0 Å². The maximum atomic E-state index is 2.64. The van der Waals surface area contributed by atoms with E-state index in [1.165, 1.54) is 22.3 Å². The Kier molecular flexibility index (Phi) is 6.81. The molecule has 0 saturated carbocycles. The summed E-state index contributed by atoms with van der Waals surface area (Å²) >= 11 is -2.60. The fourth-order valence-corrected chi connectivity index (χ4v) is 10.7. The van der Waals surface area contributed by atoms with E-state index in [1.54, 1.807) is 13.3 Å². The van der Waals surface area contributed by atoms with Crippen molar-refractivity contribution in [2.45, 2.75) is 18.1 Å². The van der Waals surface area contributed by atoms with E-state index >= 15 is 0 Å². The second-order valence-electron chi connectivity index (χ2n) is 7.75. The summed E-state index contributed by atoms with van der Waals surface area (Å²) in [7, 11) is 0. The first-order chi connectivity index (χ1) is 13.3. The molecule has 2 aliphatic carbocycles. The van der Waals surface area contributed by atoms with Crippen LogP contribution in [-0.4, -0.2) is 4.31 Å². The number of hydrogen-bond acceptors (Lipinski definition) is 0. The van der Waals surface area contributed by atoms with Crippen molar-refractivity contribution >= 4 is 33.0 Å². The van der Waals surface area contributed by atoms with Crippen LogP contribution in [0.15, 0.2) is 94.9 Å². The number of fused-ring (bicyclic) bond motifs is 3. The number of halogens is 2. The second-order valence-corrected chi connectivity index (χ2v) is 13.8. The van der Waals surface area contributed by atoms with E-state index in [2.05, 4.69) is 101 Å². The molecule has 1 atom stereocenters. The molecular weight excluding hydrogens is 431 g/mol. The molecule has 0 aromatic heterocycles. The van der Waals surface area contributed by atoms with Crippen LogP contribution >= 0.6 is 24.8 Å². The van der Waals surface area contributed by atoms with Crippen LogP contribution in [0.25, 0.3) is 11.1 Å². The molecule has 3 aromatic rings. The standard InChI is InChI=1S/C13H9.C7H6.C5H5.CH3.2ClH.Ti/c1-3-7-12-10(5-1)9-11-6-2-4-8-13(11)12;1-7-5-3-2-4-6-7;1-2-4-5-3-1;;;;/h1-5,7-8H,9H2;1-6H;1-3H,4H2;1H3;2*1H;. The van der Waals surface area contributed by atoms with Crippen LogP contribution in [0.2, 0.25) is 5.23 Å². The fourth-order valence-electron chi connectivity index (χ4n) is 4.70. The van der Waals surface area contributed by atoms with Gasteiger partial charge in [-0.1, -0.05) is 0 Å². The molecule has 0 saturated heterocycles. The Morgan fingerprint density at radius 3 is 2.28 bits per heavy atom. The minimum atomic E-state index is -2.60. The first kappa shape index (κ1) is 22.0. The van der Waals surface area contributed by atoms with E-state index in [0.717, 1.165) is 12.8 Å². The average Bonchev–Trinajstić information content (AvgIpc) is 3.37. The van der Waals surface area contributed by atoms with Gasteiger partial charge in [-0.05, 0) is 0 Å². The van der Waals surface area contributed by atoms with Gasteiger partial charge in [-0.2, -0.15) is 0 Å². The van der Waals surface area contributed by atoms with E-state index in [-0.39, 0.29) is 24.8 Å². The Morgan fingerprint density at radius 1 is 0.793 bits per heavy atom. The molecule has 0 nitrogen and oxygen atoms in total. The van der Waals surface area contributed by atoms with E-state index in [9.17, 15) is 0 Å². The van der Waals surface area contributed by atoms with Crippen LogP contribution in [0, 0.1) is 0 Å². The summed E-state index contributed by atoms with van der Waals surface area (Å²) in [6, 6.07) is 26.9. The SMILES string of the molecule is Cl.Cl.[CH3][Ti](=[CH]c1ccccc1)([C]1=CC=CC1)[c]1cccc2c1Cc1ccccc1-2. The van der Waals surface area contributed by atoms with Gasteiger partial charge in [0.15, 0.2) is 0 Å². The van der Waals surface area contributed by atoms with Gasteiger partial charge in [0.25, 0.3) is 0 Å². The molecule has 0 bridgehead atoms. The predicted molar refractivity (Wildman–Crippen MR) is 128 cm³/mol.